The predicted molar refractivity (Wildman–Crippen MR) is 97.8 cm³/mol. The van der Waals surface area contributed by atoms with Crippen LogP contribution in [0.25, 0.3) is 0 Å². The second kappa shape index (κ2) is 9.07. The highest BCUT2D eigenvalue weighted by atomic mass is 32.2. The highest BCUT2D eigenvalue weighted by Gasteiger charge is 2.27. The molecule has 1 N–H and O–H groups in total. The van der Waals surface area contributed by atoms with Crippen LogP contribution in [0.4, 0.5) is 4.39 Å². The number of rotatable bonds is 10. The van der Waals surface area contributed by atoms with Gasteiger partial charge in [-0.1, -0.05) is 33.3 Å². The van der Waals surface area contributed by atoms with Gasteiger partial charge in [0.05, 0.1) is 12.6 Å². The first kappa shape index (κ1) is 19.5. The molecule has 3 atom stereocenters. The lowest BCUT2D eigenvalue weighted by Crippen LogP contribution is -2.37. The van der Waals surface area contributed by atoms with Gasteiger partial charge in [0.1, 0.15) is 5.25 Å². The van der Waals surface area contributed by atoms with Gasteiger partial charge in [0.25, 0.3) is 0 Å². The molecule has 0 aliphatic heterocycles. The molecule has 1 fully saturated rings. The highest BCUT2D eigenvalue weighted by molar-refractivity contribution is 7.90. The summed E-state index contributed by atoms with van der Waals surface area (Å²) in [5.74, 6) is 0.792. The molecule has 2 unspecified atom stereocenters. The van der Waals surface area contributed by atoms with Crippen LogP contribution in [0.1, 0.15) is 65.0 Å². The van der Waals surface area contributed by atoms with E-state index in [1.807, 2.05) is 6.92 Å². The van der Waals surface area contributed by atoms with Crippen molar-refractivity contribution in [1.29, 1.82) is 0 Å². The van der Waals surface area contributed by atoms with Crippen molar-refractivity contribution in [2.24, 2.45) is 11.8 Å². The Morgan fingerprint density at radius 3 is 2.62 bits per heavy atom. The Balaban J connectivity index is 2.09. The summed E-state index contributed by atoms with van der Waals surface area (Å²) in [4.78, 5) is 0. The van der Waals surface area contributed by atoms with Crippen molar-refractivity contribution in [3.05, 3.63) is 29.6 Å². The first-order chi connectivity index (χ1) is 11.4. The fraction of sp³-hybridized carbons (Fsp3) is 0.684. The zero-order chi connectivity index (χ0) is 17.7. The lowest BCUT2D eigenvalue weighted by atomic mass is 9.97. The number of hydrogen-bond donors (Lipinski definition) is 1. The van der Waals surface area contributed by atoms with Crippen LogP contribution < -0.4 is 9.46 Å². The first-order valence-electron chi connectivity index (χ1n) is 9.01. The SMILES string of the molecule is CCCC(C)[S@+]([O-])NC(c1ccc(F)c(OCC2CC2)c1)C(C)C. The number of hydrogen-bond acceptors (Lipinski definition) is 3. The van der Waals surface area contributed by atoms with Crippen molar-refractivity contribution in [3.8, 4) is 5.75 Å². The van der Waals surface area contributed by atoms with E-state index in [-0.39, 0.29) is 23.0 Å². The van der Waals surface area contributed by atoms with Crippen LogP contribution in [0.15, 0.2) is 18.2 Å². The van der Waals surface area contributed by atoms with Crippen LogP contribution in [0, 0.1) is 17.7 Å². The van der Waals surface area contributed by atoms with Gasteiger partial charge in [-0.25, -0.2) is 4.39 Å². The van der Waals surface area contributed by atoms with Gasteiger partial charge in [0.15, 0.2) is 11.6 Å². The van der Waals surface area contributed by atoms with E-state index >= 15 is 0 Å². The molecule has 1 aliphatic rings. The van der Waals surface area contributed by atoms with Crippen LogP contribution in [-0.4, -0.2) is 16.4 Å². The summed E-state index contributed by atoms with van der Waals surface area (Å²) < 4.78 is 35.4. The molecule has 0 bridgehead atoms. The van der Waals surface area contributed by atoms with Gasteiger partial charge in [-0.3, -0.25) is 0 Å². The number of benzene rings is 1. The third-order valence-corrected chi connectivity index (χ3v) is 5.91. The van der Waals surface area contributed by atoms with Gasteiger partial charge >= 0.3 is 0 Å². The van der Waals surface area contributed by atoms with E-state index in [0.717, 1.165) is 18.4 Å². The third-order valence-electron chi connectivity index (χ3n) is 4.46. The van der Waals surface area contributed by atoms with Crippen LogP contribution in [0.5, 0.6) is 5.75 Å². The maximum Gasteiger partial charge on any atom is 0.165 e. The molecule has 1 aromatic carbocycles. The van der Waals surface area contributed by atoms with Crippen molar-refractivity contribution < 1.29 is 13.7 Å². The number of ether oxygens (including phenoxy) is 1. The molecule has 2 rings (SSSR count). The maximum absolute atomic E-state index is 14.0. The van der Waals surface area contributed by atoms with Crippen LogP contribution in [0.2, 0.25) is 0 Å². The Bertz CT molecular complexity index is 522. The largest absolute Gasteiger partial charge is 0.598 e. The second-order valence-corrected chi connectivity index (χ2v) is 8.82. The zero-order valence-corrected chi connectivity index (χ0v) is 16.0. The smallest absolute Gasteiger partial charge is 0.165 e. The molecule has 5 heteroatoms. The highest BCUT2D eigenvalue weighted by Crippen LogP contribution is 2.32. The Morgan fingerprint density at radius 1 is 1.33 bits per heavy atom. The van der Waals surface area contributed by atoms with Crippen molar-refractivity contribution >= 4 is 11.4 Å². The molecule has 0 spiro atoms. The summed E-state index contributed by atoms with van der Waals surface area (Å²) in [6.07, 6.45) is 4.28. The van der Waals surface area contributed by atoms with Gasteiger partial charge in [0.2, 0.25) is 0 Å². The number of nitrogens with one attached hydrogen (secondary N) is 1. The zero-order valence-electron chi connectivity index (χ0n) is 15.2. The molecule has 0 aromatic heterocycles. The standard InChI is InChI=1S/C19H30FNO2S/c1-5-6-14(4)24(22)21-19(13(2)3)16-9-10-17(20)18(11-16)23-12-15-7-8-15/h9-11,13-15,19,21H,5-8,12H2,1-4H3/t14?,19?,24-/m0/s1. The molecule has 0 radical (unpaired) electrons. The van der Waals surface area contributed by atoms with Crippen LogP contribution >= 0.6 is 0 Å². The molecule has 0 saturated heterocycles. The Morgan fingerprint density at radius 2 is 2.04 bits per heavy atom. The molecule has 0 amide bonds. The Kier molecular flexibility index (Phi) is 7.38. The predicted octanol–water partition coefficient (Wildman–Crippen LogP) is 4.75. The normalized spacial score (nSPS) is 18.5. The molecule has 0 heterocycles. The summed E-state index contributed by atoms with van der Waals surface area (Å²) in [6.45, 7) is 8.83. The molecule has 24 heavy (non-hydrogen) atoms. The lowest BCUT2D eigenvalue weighted by Gasteiger charge is -2.26. The molecule has 1 saturated carbocycles. The molecule has 136 valence electrons. The first-order valence-corrected chi connectivity index (χ1v) is 10.2. The maximum atomic E-state index is 14.0. The van der Waals surface area contributed by atoms with E-state index in [0.29, 0.717) is 18.3 Å². The molecular weight excluding hydrogens is 325 g/mol. The Labute approximate surface area is 148 Å². The Hall–Kier alpha value is -0.780. The van der Waals surface area contributed by atoms with E-state index in [4.69, 9.17) is 4.74 Å². The van der Waals surface area contributed by atoms with Crippen molar-refractivity contribution in [1.82, 2.24) is 4.72 Å². The van der Waals surface area contributed by atoms with E-state index in [1.54, 1.807) is 12.1 Å². The third kappa shape index (κ3) is 5.64. The van der Waals surface area contributed by atoms with Gasteiger partial charge in [-0.15, -0.1) is 4.72 Å². The molecular formula is C19H30FNO2S. The average Bonchev–Trinajstić information content (AvgIpc) is 3.36. The van der Waals surface area contributed by atoms with E-state index in [9.17, 15) is 8.94 Å². The summed E-state index contributed by atoms with van der Waals surface area (Å²) in [6, 6.07) is 4.89. The summed E-state index contributed by atoms with van der Waals surface area (Å²) in [5, 5.41) is 0.0993. The van der Waals surface area contributed by atoms with Crippen molar-refractivity contribution in [2.45, 2.75) is 64.7 Å². The molecule has 1 aromatic rings. The van der Waals surface area contributed by atoms with Gasteiger partial charge in [0, 0.05) is 11.4 Å². The average molecular weight is 356 g/mol. The number of halogens is 1. The minimum Gasteiger partial charge on any atom is -0.598 e. The van der Waals surface area contributed by atoms with Gasteiger partial charge < -0.3 is 9.29 Å². The van der Waals surface area contributed by atoms with Crippen molar-refractivity contribution in [2.75, 3.05) is 6.61 Å². The van der Waals surface area contributed by atoms with Crippen molar-refractivity contribution in [3.63, 3.8) is 0 Å². The minimum atomic E-state index is -1.11. The summed E-state index contributed by atoms with van der Waals surface area (Å²) in [5.41, 5.74) is 0.925. The van der Waals surface area contributed by atoms with E-state index < -0.39 is 11.4 Å². The minimum absolute atomic E-state index is 0.0889. The summed E-state index contributed by atoms with van der Waals surface area (Å²) >= 11 is -1.11. The summed E-state index contributed by atoms with van der Waals surface area (Å²) in [7, 11) is 0. The lowest BCUT2D eigenvalue weighted by molar-refractivity contribution is 0.284. The molecule has 1 aliphatic carbocycles. The van der Waals surface area contributed by atoms with Gasteiger partial charge in [-0.05, 0) is 55.7 Å². The van der Waals surface area contributed by atoms with Crippen LogP contribution in [-0.2, 0) is 11.4 Å². The quantitative estimate of drug-likeness (QED) is 0.616. The fourth-order valence-corrected chi connectivity index (χ4v) is 4.00. The second-order valence-electron chi connectivity index (χ2n) is 7.18. The monoisotopic (exact) mass is 355 g/mol. The molecule has 3 nitrogen and oxygen atoms in total. The van der Waals surface area contributed by atoms with E-state index in [2.05, 4.69) is 25.5 Å². The van der Waals surface area contributed by atoms with E-state index in [1.165, 1.54) is 18.9 Å². The van der Waals surface area contributed by atoms with Gasteiger partial charge in [-0.2, -0.15) is 0 Å². The topological polar surface area (TPSA) is 44.3 Å². The van der Waals surface area contributed by atoms with Crippen LogP contribution in [0.3, 0.4) is 0 Å². The fourth-order valence-electron chi connectivity index (χ4n) is 2.66.